The number of aromatic nitrogens is 2. The Labute approximate surface area is 177 Å². The highest BCUT2D eigenvalue weighted by Gasteiger charge is 2.31. The summed E-state index contributed by atoms with van der Waals surface area (Å²) in [6.07, 6.45) is -1.07. The molecule has 0 amide bonds. The van der Waals surface area contributed by atoms with Gasteiger partial charge in [-0.05, 0) is 35.9 Å². The Morgan fingerprint density at radius 3 is 2.52 bits per heavy atom. The first-order valence-electron chi connectivity index (χ1n) is 9.67. The van der Waals surface area contributed by atoms with Crippen molar-refractivity contribution in [1.29, 1.82) is 0 Å². The van der Waals surface area contributed by atoms with Crippen LogP contribution in [0.2, 0.25) is 0 Å². The summed E-state index contributed by atoms with van der Waals surface area (Å²) < 4.78 is 51.1. The molecule has 0 spiro atoms. The van der Waals surface area contributed by atoms with Gasteiger partial charge in [0.05, 0.1) is 5.56 Å². The fourth-order valence-corrected chi connectivity index (χ4v) is 3.40. The third kappa shape index (κ3) is 4.60. The van der Waals surface area contributed by atoms with Gasteiger partial charge in [0.25, 0.3) is 0 Å². The topological polar surface area (TPSA) is 48.2 Å². The van der Waals surface area contributed by atoms with Gasteiger partial charge in [-0.3, -0.25) is 4.98 Å². The van der Waals surface area contributed by atoms with Crippen molar-refractivity contribution >= 4 is 0 Å². The highest BCUT2D eigenvalue weighted by atomic mass is 19.4. The first-order chi connectivity index (χ1) is 14.9. The zero-order valence-corrected chi connectivity index (χ0v) is 16.6. The molecule has 2 heterocycles. The van der Waals surface area contributed by atoms with E-state index >= 15 is 0 Å². The molecule has 0 radical (unpaired) electrons. The van der Waals surface area contributed by atoms with Crippen LogP contribution >= 0.6 is 0 Å². The summed E-state index contributed by atoms with van der Waals surface area (Å²) in [5.41, 5.74) is 1.50. The smallest absolute Gasteiger partial charge is 0.416 e. The summed E-state index contributed by atoms with van der Waals surface area (Å²) in [5.74, 6) is 0.881. The zero-order valence-electron chi connectivity index (χ0n) is 16.6. The molecular formula is C24H19F3N2O2. The van der Waals surface area contributed by atoms with Crippen LogP contribution in [0, 0.1) is 0 Å². The van der Waals surface area contributed by atoms with E-state index in [1.807, 2.05) is 49.4 Å². The van der Waals surface area contributed by atoms with Crippen LogP contribution in [-0.4, -0.2) is 10.1 Å². The van der Waals surface area contributed by atoms with Crippen LogP contribution in [0.1, 0.15) is 35.3 Å². The maximum atomic E-state index is 13.2. The molecule has 1 atom stereocenters. The lowest BCUT2D eigenvalue weighted by Crippen LogP contribution is -2.06. The average molecular weight is 424 g/mol. The molecule has 7 heteroatoms. The van der Waals surface area contributed by atoms with Gasteiger partial charge in [0.2, 0.25) is 0 Å². The second-order valence-electron chi connectivity index (χ2n) is 7.06. The fraction of sp³-hybridized carbons (Fsp3) is 0.167. The van der Waals surface area contributed by atoms with Crippen molar-refractivity contribution in [2.75, 3.05) is 0 Å². The highest BCUT2D eigenvalue weighted by molar-refractivity contribution is 5.66. The van der Waals surface area contributed by atoms with Gasteiger partial charge in [-0.25, -0.2) is 0 Å². The van der Waals surface area contributed by atoms with Crippen LogP contribution in [-0.2, 0) is 12.8 Å². The van der Waals surface area contributed by atoms with Crippen LogP contribution in [0.5, 0.6) is 5.75 Å². The van der Waals surface area contributed by atoms with Crippen molar-refractivity contribution in [3.8, 4) is 17.0 Å². The van der Waals surface area contributed by atoms with Gasteiger partial charge >= 0.3 is 6.18 Å². The van der Waals surface area contributed by atoms with Crippen LogP contribution in [0.3, 0.4) is 0 Å². The third-order valence-corrected chi connectivity index (χ3v) is 5.00. The molecule has 0 aliphatic carbocycles. The highest BCUT2D eigenvalue weighted by Crippen LogP contribution is 2.38. The van der Waals surface area contributed by atoms with Gasteiger partial charge < -0.3 is 9.26 Å². The van der Waals surface area contributed by atoms with E-state index in [0.29, 0.717) is 28.3 Å². The molecule has 0 saturated heterocycles. The summed E-state index contributed by atoms with van der Waals surface area (Å²) in [7, 11) is 0. The first-order valence-corrected chi connectivity index (χ1v) is 9.67. The summed E-state index contributed by atoms with van der Waals surface area (Å²) in [4.78, 5) is 4.16. The maximum Gasteiger partial charge on any atom is 0.416 e. The lowest BCUT2D eigenvalue weighted by atomic mass is 9.90. The Morgan fingerprint density at radius 2 is 1.81 bits per heavy atom. The normalized spacial score (nSPS) is 12.5. The minimum absolute atomic E-state index is 0.0932. The van der Waals surface area contributed by atoms with E-state index in [2.05, 4.69) is 10.1 Å². The summed E-state index contributed by atoms with van der Waals surface area (Å²) >= 11 is 0. The van der Waals surface area contributed by atoms with Crippen LogP contribution in [0.25, 0.3) is 11.3 Å². The first kappa shape index (κ1) is 20.7. The number of rotatable bonds is 6. The van der Waals surface area contributed by atoms with Crippen molar-refractivity contribution in [1.82, 2.24) is 10.1 Å². The predicted octanol–water partition coefficient (Wildman–Crippen LogP) is 6.49. The molecule has 4 nitrogen and oxygen atoms in total. The van der Waals surface area contributed by atoms with Crippen molar-refractivity contribution in [2.24, 2.45) is 0 Å². The van der Waals surface area contributed by atoms with E-state index in [9.17, 15) is 13.2 Å². The van der Waals surface area contributed by atoms with Gasteiger partial charge in [0.1, 0.15) is 18.1 Å². The van der Waals surface area contributed by atoms with Crippen LogP contribution in [0.15, 0.2) is 83.6 Å². The van der Waals surface area contributed by atoms with Gasteiger partial charge in [0, 0.05) is 29.4 Å². The van der Waals surface area contributed by atoms with Gasteiger partial charge in [0.15, 0.2) is 5.76 Å². The number of benzene rings is 2. The van der Waals surface area contributed by atoms with E-state index in [4.69, 9.17) is 9.26 Å². The lowest BCUT2D eigenvalue weighted by Gasteiger charge is -2.14. The summed E-state index contributed by atoms with van der Waals surface area (Å²) in [5, 5.41) is 4.13. The Kier molecular flexibility index (Phi) is 5.75. The quantitative estimate of drug-likeness (QED) is 0.355. The molecule has 0 fully saturated rings. The van der Waals surface area contributed by atoms with Crippen LogP contribution < -0.4 is 4.74 Å². The van der Waals surface area contributed by atoms with E-state index in [1.165, 1.54) is 6.07 Å². The van der Waals surface area contributed by atoms with Crippen molar-refractivity contribution < 1.29 is 22.4 Å². The van der Waals surface area contributed by atoms with E-state index in [-0.39, 0.29) is 12.5 Å². The average Bonchev–Trinajstić information content (AvgIpc) is 3.22. The lowest BCUT2D eigenvalue weighted by molar-refractivity contribution is -0.137. The minimum Gasteiger partial charge on any atom is -0.486 e. The number of hydrogen-bond acceptors (Lipinski definition) is 4. The molecule has 0 bridgehead atoms. The molecular weight excluding hydrogens is 405 g/mol. The number of nitrogens with zero attached hydrogens (tertiary/aromatic N) is 2. The Morgan fingerprint density at radius 1 is 1.00 bits per heavy atom. The largest absolute Gasteiger partial charge is 0.486 e. The second kappa shape index (κ2) is 8.63. The molecule has 4 rings (SSSR count). The molecule has 158 valence electrons. The number of halogens is 3. The van der Waals surface area contributed by atoms with Gasteiger partial charge in [-0.2, -0.15) is 13.2 Å². The number of ether oxygens (including phenoxy) is 1. The molecule has 0 aliphatic rings. The summed E-state index contributed by atoms with van der Waals surface area (Å²) in [6.45, 7) is 2.03. The van der Waals surface area contributed by atoms with E-state index < -0.39 is 11.7 Å². The molecule has 0 saturated carbocycles. The fourth-order valence-electron chi connectivity index (χ4n) is 3.40. The van der Waals surface area contributed by atoms with Gasteiger partial charge in [-0.15, -0.1) is 0 Å². The molecule has 4 aromatic rings. The summed E-state index contributed by atoms with van der Waals surface area (Å²) in [6, 6.07) is 18.0. The molecule has 31 heavy (non-hydrogen) atoms. The van der Waals surface area contributed by atoms with Gasteiger partial charge in [-0.1, -0.05) is 48.5 Å². The minimum atomic E-state index is -4.45. The molecule has 2 aromatic carbocycles. The molecule has 0 N–H and O–H groups in total. The van der Waals surface area contributed by atoms with Crippen molar-refractivity contribution in [3.05, 3.63) is 102 Å². The molecule has 1 unspecified atom stereocenters. The molecule has 0 aliphatic heterocycles. The predicted molar refractivity (Wildman–Crippen MR) is 109 cm³/mol. The monoisotopic (exact) mass is 424 g/mol. The van der Waals surface area contributed by atoms with E-state index in [0.717, 1.165) is 17.7 Å². The Bertz CT molecular complexity index is 1140. The maximum absolute atomic E-state index is 13.2. The number of para-hydroxylation sites is 1. The van der Waals surface area contributed by atoms with Crippen molar-refractivity contribution in [2.45, 2.75) is 25.6 Å². The zero-order chi connectivity index (χ0) is 21.8. The molecule has 2 aromatic heterocycles. The number of hydrogen-bond donors (Lipinski definition) is 0. The second-order valence-corrected chi connectivity index (χ2v) is 7.06. The third-order valence-electron chi connectivity index (χ3n) is 5.00. The SMILES string of the molecule is CC(c1cccnc1)c1c(-c2cccc(C(F)(F)F)c2)noc1COc1ccccc1. The van der Waals surface area contributed by atoms with Crippen molar-refractivity contribution in [3.63, 3.8) is 0 Å². The van der Waals surface area contributed by atoms with Crippen LogP contribution in [0.4, 0.5) is 13.2 Å². The standard InChI is InChI=1S/C24H19F3N2O2/c1-16(18-8-6-12-28-14-18)22-21(15-30-20-10-3-2-4-11-20)31-29-23(22)17-7-5-9-19(13-17)24(25,26)27/h2-14,16H,15H2,1H3. The Hall–Kier alpha value is -3.61. The number of alkyl halides is 3. The van der Waals surface area contributed by atoms with E-state index in [1.54, 1.807) is 18.5 Å². The number of pyridine rings is 1. The Balaban J connectivity index is 1.76.